The van der Waals surface area contributed by atoms with Gasteiger partial charge in [-0.1, -0.05) is 30.3 Å². The van der Waals surface area contributed by atoms with Crippen LogP contribution in [0.15, 0.2) is 30.3 Å². The predicted molar refractivity (Wildman–Crippen MR) is 85.1 cm³/mol. The largest absolute Gasteiger partial charge is 0.301 e. The van der Waals surface area contributed by atoms with Gasteiger partial charge in [0.05, 0.1) is 0 Å². The average molecular weight is 286 g/mol. The summed E-state index contributed by atoms with van der Waals surface area (Å²) in [6, 6.07) is 10.7. The van der Waals surface area contributed by atoms with Gasteiger partial charge in [-0.3, -0.25) is 9.69 Å². The summed E-state index contributed by atoms with van der Waals surface area (Å²) in [6.45, 7) is 6.76. The van der Waals surface area contributed by atoms with E-state index < -0.39 is 0 Å². The Labute approximate surface area is 127 Å². The fourth-order valence-corrected chi connectivity index (χ4v) is 3.54. The molecule has 1 aromatic carbocycles. The predicted octanol–water partition coefficient (Wildman–Crippen LogP) is 2.56. The molecule has 0 aromatic heterocycles. The van der Waals surface area contributed by atoms with E-state index in [2.05, 4.69) is 40.1 Å². The van der Waals surface area contributed by atoms with Crippen molar-refractivity contribution in [3.8, 4) is 0 Å². The SMILES string of the molecule is O=C1CCCC1CCN1CCN(Cc2ccccc2)CC1. The molecule has 3 rings (SSSR count). The molecule has 1 aromatic rings. The van der Waals surface area contributed by atoms with Crippen molar-refractivity contribution in [1.29, 1.82) is 0 Å². The van der Waals surface area contributed by atoms with Crippen LogP contribution in [0.3, 0.4) is 0 Å². The van der Waals surface area contributed by atoms with Crippen molar-refractivity contribution < 1.29 is 4.79 Å². The number of hydrogen-bond donors (Lipinski definition) is 0. The first-order chi connectivity index (χ1) is 10.3. The Hall–Kier alpha value is -1.19. The number of nitrogens with zero attached hydrogens (tertiary/aromatic N) is 2. The molecular weight excluding hydrogens is 260 g/mol. The number of Topliss-reactive ketones (excluding diaryl/α,β-unsaturated/α-hetero) is 1. The van der Waals surface area contributed by atoms with E-state index in [9.17, 15) is 4.79 Å². The highest BCUT2D eigenvalue weighted by molar-refractivity contribution is 5.82. The highest BCUT2D eigenvalue weighted by Crippen LogP contribution is 2.24. The van der Waals surface area contributed by atoms with Crippen molar-refractivity contribution in [2.45, 2.75) is 32.2 Å². The Morgan fingerprint density at radius 3 is 2.38 bits per heavy atom. The maximum absolute atomic E-state index is 11.7. The minimum absolute atomic E-state index is 0.368. The molecular formula is C18H26N2O. The van der Waals surface area contributed by atoms with Crippen LogP contribution >= 0.6 is 0 Å². The summed E-state index contributed by atoms with van der Waals surface area (Å²) in [4.78, 5) is 16.7. The monoisotopic (exact) mass is 286 g/mol. The third-order valence-corrected chi connectivity index (χ3v) is 4.94. The fraction of sp³-hybridized carbons (Fsp3) is 0.611. The van der Waals surface area contributed by atoms with Gasteiger partial charge in [0.25, 0.3) is 0 Å². The molecule has 1 unspecified atom stereocenters. The number of ketones is 1. The van der Waals surface area contributed by atoms with E-state index in [0.29, 0.717) is 11.7 Å². The lowest BCUT2D eigenvalue weighted by molar-refractivity contribution is -0.120. The van der Waals surface area contributed by atoms with Crippen LogP contribution in [0, 0.1) is 5.92 Å². The van der Waals surface area contributed by atoms with Gasteiger partial charge in [-0.05, 0) is 31.4 Å². The molecule has 0 bridgehead atoms. The van der Waals surface area contributed by atoms with Crippen LogP contribution in [0.2, 0.25) is 0 Å². The van der Waals surface area contributed by atoms with E-state index in [1.807, 2.05) is 0 Å². The second-order valence-electron chi connectivity index (χ2n) is 6.45. The van der Waals surface area contributed by atoms with E-state index in [1.54, 1.807) is 0 Å². The minimum Gasteiger partial charge on any atom is -0.301 e. The fourth-order valence-electron chi connectivity index (χ4n) is 3.54. The zero-order valence-electron chi connectivity index (χ0n) is 12.8. The normalized spacial score (nSPS) is 24.6. The van der Waals surface area contributed by atoms with Crippen LogP contribution in [0.4, 0.5) is 0 Å². The standard InChI is InChI=1S/C18H26N2O/c21-18-8-4-7-17(18)9-10-19-11-13-20(14-12-19)15-16-5-2-1-3-6-16/h1-3,5-6,17H,4,7-15H2. The van der Waals surface area contributed by atoms with E-state index >= 15 is 0 Å². The second kappa shape index (κ2) is 7.19. The molecule has 2 fully saturated rings. The van der Waals surface area contributed by atoms with Crippen molar-refractivity contribution in [3.05, 3.63) is 35.9 Å². The quantitative estimate of drug-likeness (QED) is 0.831. The van der Waals surface area contributed by atoms with E-state index in [-0.39, 0.29) is 0 Å². The summed E-state index contributed by atoms with van der Waals surface area (Å²) in [5.41, 5.74) is 1.41. The maximum atomic E-state index is 11.7. The van der Waals surface area contributed by atoms with Gasteiger partial charge in [-0.15, -0.1) is 0 Å². The van der Waals surface area contributed by atoms with Gasteiger partial charge >= 0.3 is 0 Å². The summed E-state index contributed by atoms with van der Waals surface area (Å²) in [5.74, 6) is 0.880. The smallest absolute Gasteiger partial charge is 0.136 e. The van der Waals surface area contributed by atoms with Gasteiger partial charge in [0, 0.05) is 45.1 Å². The maximum Gasteiger partial charge on any atom is 0.136 e. The molecule has 1 heterocycles. The average Bonchev–Trinajstić information content (AvgIpc) is 2.93. The molecule has 2 aliphatic rings. The highest BCUT2D eigenvalue weighted by atomic mass is 16.1. The molecule has 21 heavy (non-hydrogen) atoms. The number of benzene rings is 1. The Morgan fingerprint density at radius 1 is 1.00 bits per heavy atom. The molecule has 0 amide bonds. The van der Waals surface area contributed by atoms with Gasteiger partial charge < -0.3 is 4.90 Å². The molecule has 1 atom stereocenters. The van der Waals surface area contributed by atoms with Crippen LogP contribution in [-0.2, 0) is 11.3 Å². The minimum atomic E-state index is 0.368. The molecule has 0 N–H and O–H groups in total. The Morgan fingerprint density at radius 2 is 1.71 bits per heavy atom. The summed E-state index contributed by atoms with van der Waals surface area (Å²) in [6.07, 6.45) is 4.16. The summed E-state index contributed by atoms with van der Waals surface area (Å²) < 4.78 is 0. The van der Waals surface area contributed by atoms with Crippen LogP contribution in [0.5, 0.6) is 0 Å². The molecule has 1 saturated carbocycles. The van der Waals surface area contributed by atoms with Crippen molar-refractivity contribution in [2.75, 3.05) is 32.7 Å². The Balaban J connectivity index is 1.38. The number of carbonyl (C=O) groups is 1. The molecule has 114 valence electrons. The zero-order chi connectivity index (χ0) is 14.5. The first-order valence-corrected chi connectivity index (χ1v) is 8.32. The van der Waals surface area contributed by atoms with Gasteiger partial charge in [0.1, 0.15) is 5.78 Å². The molecule has 1 aliphatic heterocycles. The third kappa shape index (κ3) is 4.14. The van der Waals surface area contributed by atoms with Crippen molar-refractivity contribution in [2.24, 2.45) is 5.92 Å². The van der Waals surface area contributed by atoms with Crippen molar-refractivity contribution in [3.63, 3.8) is 0 Å². The van der Waals surface area contributed by atoms with Crippen molar-refractivity contribution in [1.82, 2.24) is 9.80 Å². The topological polar surface area (TPSA) is 23.6 Å². The zero-order valence-corrected chi connectivity index (χ0v) is 12.8. The third-order valence-electron chi connectivity index (χ3n) is 4.94. The summed E-state index contributed by atoms with van der Waals surface area (Å²) in [5, 5.41) is 0. The van der Waals surface area contributed by atoms with Crippen LogP contribution in [-0.4, -0.2) is 48.3 Å². The lowest BCUT2D eigenvalue weighted by Crippen LogP contribution is -2.46. The highest BCUT2D eigenvalue weighted by Gasteiger charge is 2.25. The van der Waals surface area contributed by atoms with Crippen molar-refractivity contribution >= 4 is 5.78 Å². The van der Waals surface area contributed by atoms with Crippen LogP contribution < -0.4 is 0 Å². The molecule has 1 saturated heterocycles. The van der Waals surface area contributed by atoms with E-state index in [1.165, 1.54) is 5.56 Å². The van der Waals surface area contributed by atoms with E-state index in [4.69, 9.17) is 0 Å². The molecule has 3 heteroatoms. The lowest BCUT2D eigenvalue weighted by Gasteiger charge is -2.35. The lowest BCUT2D eigenvalue weighted by atomic mass is 10.0. The summed E-state index contributed by atoms with van der Waals surface area (Å²) >= 11 is 0. The van der Waals surface area contributed by atoms with Gasteiger partial charge in [0.2, 0.25) is 0 Å². The first kappa shape index (κ1) is 14.7. The van der Waals surface area contributed by atoms with Gasteiger partial charge in [0.15, 0.2) is 0 Å². The van der Waals surface area contributed by atoms with Crippen LogP contribution in [0.1, 0.15) is 31.2 Å². The van der Waals surface area contributed by atoms with Crippen LogP contribution in [0.25, 0.3) is 0 Å². The number of carbonyl (C=O) groups excluding carboxylic acids is 1. The molecule has 0 radical (unpaired) electrons. The van der Waals surface area contributed by atoms with E-state index in [0.717, 1.165) is 65.0 Å². The van der Waals surface area contributed by atoms with Gasteiger partial charge in [-0.25, -0.2) is 0 Å². The molecule has 3 nitrogen and oxygen atoms in total. The summed E-state index contributed by atoms with van der Waals surface area (Å²) in [7, 11) is 0. The second-order valence-corrected chi connectivity index (χ2v) is 6.45. The number of rotatable bonds is 5. The Bertz CT molecular complexity index is 452. The number of hydrogen-bond acceptors (Lipinski definition) is 3. The van der Waals surface area contributed by atoms with Gasteiger partial charge in [-0.2, -0.15) is 0 Å². The first-order valence-electron chi connectivity index (χ1n) is 8.32. The number of piperazine rings is 1. The molecule has 1 aliphatic carbocycles. The Kier molecular flexibility index (Phi) is 5.04. The molecule has 0 spiro atoms.